The first-order valence-electron chi connectivity index (χ1n) is 13.3. The highest BCUT2D eigenvalue weighted by atomic mass is 19.1. The third kappa shape index (κ3) is 8.33. The second-order valence-electron chi connectivity index (χ2n) is 9.69. The number of urea groups is 2. The molecule has 1 aliphatic heterocycles. The summed E-state index contributed by atoms with van der Waals surface area (Å²) in [5, 5.41) is 17.4. The Kier molecular flexibility index (Phi) is 11.6. The van der Waals surface area contributed by atoms with E-state index in [1.54, 1.807) is 50.3 Å². The van der Waals surface area contributed by atoms with E-state index in [1.165, 1.54) is 32.4 Å². The number of rotatable bonds is 12. The van der Waals surface area contributed by atoms with Gasteiger partial charge in [-0.3, -0.25) is 19.9 Å². The molecule has 0 aliphatic carbocycles. The lowest BCUT2D eigenvalue weighted by Gasteiger charge is -2.37. The molecular formula is C29H35F2N9O5. The van der Waals surface area contributed by atoms with E-state index in [0.29, 0.717) is 16.3 Å². The number of amides is 5. The number of anilines is 2. The standard InChI is InChI=1S/C29H35F2N9O5/c1-34-24(44-4)14-13-23(32)40-27(41)25(26(33)39(29(40)43)15-19-20(30)7-6-8-21(19)31)22(16-38(2)3)35-17-9-11-18(12-10-17)36-28(42)37-45-5/h6-14,33-35H,15-16,32H2,1-5H3,(H2,36,37,42)/b23-13+,24-14+,25-22+,33-26?. The summed E-state index contributed by atoms with van der Waals surface area (Å²) >= 11 is 0. The quantitative estimate of drug-likeness (QED) is 0.0894. The number of likely N-dealkylation sites (N-methyl/N-ethyl adjacent to an activating group) is 1. The van der Waals surface area contributed by atoms with Gasteiger partial charge in [0.1, 0.15) is 28.9 Å². The van der Waals surface area contributed by atoms with Crippen LogP contribution in [0.5, 0.6) is 0 Å². The fraction of sp³-hybridized carbons (Fsp3) is 0.241. The second kappa shape index (κ2) is 15.3. The molecular weight excluding hydrogens is 592 g/mol. The van der Waals surface area contributed by atoms with Gasteiger partial charge in [-0.2, -0.15) is 0 Å². The number of amidine groups is 1. The van der Waals surface area contributed by atoms with E-state index in [0.717, 1.165) is 17.0 Å². The Morgan fingerprint density at radius 2 is 1.62 bits per heavy atom. The molecule has 16 heteroatoms. The number of methoxy groups -OCH3 is 1. The van der Waals surface area contributed by atoms with Crippen LogP contribution in [-0.2, 0) is 20.9 Å². The molecule has 0 spiro atoms. The van der Waals surface area contributed by atoms with Crippen molar-refractivity contribution in [3.8, 4) is 0 Å². The molecule has 45 heavy (non-hydrogen) atoms. The number of nitrogens with zero attached hydrogens (tertiary/aromatic N) is 3. The Labute approximate surface area is 258 Å². The van der Waals surface area contributed by atoms with Gasteiger partial charge in [0.15, 0.2) is 5.88 Å². The van der Waals surface area contributed by atoms with E-state index >= 15 is 0 Å². The molecule has 3 rings (SSSR count). The van der Waals surface area contributed by atoms with E-state index < -0.39 is 47.5 Å². The minimum Gasteiger partial charge on any atom is -0.483 e. The third-order valence-corrected chi connectivity index (χ3v) is 6.26. The molecule has 2 aromatic rings. The number of hydrogen-bond acceptors (Lipinski definition) is 10. The molecule has 0 aromatic heterocycles. The van der Waals surface area contributed by atoms with Crippen LogP contribution < -0.4 is 27.2 Å². The predicted molar refractivity (Wildman–Crippen MR) is 163 cm³/mol. The average Bonchev–Trinajstić information content (AvgIpc) is 2.98. The van der Waals surface area contributed by atoms with Gasteiger partial charge in [-0.05, 0) is 56.6 Å². The molecule has 1 fully saturated rings. The van der Waals surface area contributed by atoms with E-state index in [9.17, 15) is 23.2 Å². The Hall–Kier alpha value is -5.48. The summed E-state index contributed by atoms with van der Waals surface area (Å²) in [4.78, 5) is 47.1. The molecule has 7 N–H and O–H groups in total. The number of carbonyl (C=O) groups excluding carboxylic acids is 3. The van der Waals surface area contributed by atoms with Crippen LogP contribution in [0.15, 0.2) is 77.6 Å². The van der Waals surface area contributed by atoms with Crippen LogP contribution in [0, 0.1) is 17.0 Å². The molecule has 1 heterocycles. The van der Waals surface area contributed by atoms with Crippen molar-refractivity contribution in [1.82, 2.24) is 25.5 Å². The Morgan fingerprint density at radius 3 is 2.16 bits per heavy atom. The van der Waals surface area contributed by atoms with Gasteiger partial charge in [0.2, 0.25) is 0 Å². The monoisotopic (exact) mass is 627 g/mol. The number of nitrogens with two attached hydrogens (primary N) is 1. The average molecular weight is 628 g/mol. The predicted octanol–water partition coefficient (Wildman–Crippen LogP) is 2.82. The lowest BCUT2D eigenvalue weighted by molar-refractivity contribution is -0.123. The molecule has 0 bridgehead atoms. The molecule has 1 saturated heterocycles. The van der Waals surface area contributed by atoms with Crippen molar-refractivity contribution in [2.45, 2.75) is 6.54 Å². The summed E-state index contributed by atoms with van der Waals surface area (Å²) in [6, 6.07) is 7.90. The molecule has 5 amide bonds. The minimum atomic E-state index is -1.09. The largest absolute Gasteiger partial charge is 0.483 e. The Bertz CT molecular complexity index is 1510. The maximum atomic E-state index is 14.7. The SMILES string of the molecule is CN/C(=C\C=C(/N)N1C(=O)/C(=C(\CN(C)C)Nc2ccc(NC(=O)NOC)cc2)C(=N)N(Cc2c(F)cccc2F)C1=O)OC. The van der Waals surface area contributed by atoms with E-state index in [2.05, 4.69) is 26.3 Å². The zero-order valence-corrected chi connectivity index (χ0v) is 25.3. The van der Waals surface area contributed by atoms with Gasteiger partial charge in [-0.15, -0.1) is 0 Å². The molecule has 240 valence electrons. The maximum Gasteiger partial charge on any atom is 0.343 e. The highest BCUT2D eigenvalue weighted by Gasteiger charge is 2.43. The zero-order chi connectivity index (χ0) is 33.3. The van der Waals surface area contributed by atoms with Crippen molar-refractivity contribution in [3.05, 3.63) is 94.8 Å². The maximum absolute atomic E-state index is 14.7. The van der Waals surface area contributed by atoms with Crippen molar-refractivity contribution in [1.29, 1.82) is 5.41 Å². The van der Waals surface area contributed by atoms with Gasteiger partial charge >= 0.3 is 12.1 Å². The summed E-state index contributed by atoms with van der Waals surface area (Å²) < 4.78 is 34.5. The van der Waals surface area contributed by atoms with Gasteiger partial charge in [-0.25, -0.2) is 28.7 Å². The first kappa shape index (κ1) is 34.0. The molecule has 14 nitrogen and oxygen atoms in total. The summed E-state index contributed by atoms with van der Waals surface area (Å²) in [5.74, 6) is -3.49. The summed E-state index contributed by atoms with van der Waals surface area (Å²) in [5.41, 5.74) is 8.65. The van der Waals surface area contributed by atoms with E-state index in [-0.39, 0.29) is 29.5 Å². The minimum absolute atomic E-state index is 0.0702. The van der Waals surface area contributed by atoms with Crippen LogP contribution in [0.2, 0.25) is 0 Å². The number of hydroxylamine groups is 1. The van der Waals surface area contributed by atoms with Crippen molar-refractivity contribution in [2.75, 3.05) is 52.5 Å². The normalized spacial score (nSPS) is 15.3. The number of ether oxygens (including phenoxy) is 1. The number of carbonyl (C=O) groups is 3. The molecule has 0 atom stereocenters. The van der Waals surface area contributed by atoms with E-state index in [1.807, 2.05) is 0 Å². The highest BCUT2D eigenvalue weighted by molar-refractivity contribution is 6.30. The van der Waals surface area contributed by atoms with Gasteiger partial charge < -0.3 is 31.3 Å². The number of allylic oxidation sites excluding steroid dienone is 2. The third-order valence-electron chi connectivity index (χ3n) is 6.26. The van der Waals surface area contributed by atoms with Crippen molar-refractivity contribution < 1.29 is 32.7 Å². The van der Waals surface area contributed by atoms with Crippen molar-refractivity contribution in [2.24, 2.45) is 5.73 Å². The first-order valence-corrected chi connectivity index (χ1v) is 13.3. The zero-order valence-electron chi connectivity index (χ0n) is 25.3. The van der Waals surface area contributed by atoms with Crippen LogP contribution in [0.3, 0.4) is 0 Å². The lowest BCUT2D eigenvalue weighted by Crippen LogP contribution is -2.57. The number of benzene rings is 2. The van der Waals surface area contributed by atoms with Crippen LogP contribution in [-0.4, -0.2) is 80.4 Å². The fourth-order valence-corrected chi connectivity index (χ4v) is 4.19. The topological polar surface area (TPSA) is 177 Å². The summed E-state index contributed by atoms with van der Waals surface area (Å²) in [7, 11) is 7.71. The molecule has 2 aromatic carbocycles. The van der Waals surface area contributed by atoms with Crippen LogP contribution >= 0.6 is 0 Å². The lowest BCUT2D eigenvalue weighted by atomic mass is 10.0. The molecule has 0 radical (unpaired) electrons. The van der Waals surface area contributed by atoms with Crippen LogP contribution in [0.4, 0.5) is 29.7 Å². The molecule has 0 saturated carbocycles. The van der Waals surface area contributed by atoms with E-state index in [4.69, 9.17) is 15.9 Å². The number of imide groups is 1. The Morgan fingerprint density at radius 1 is 1.02 bits per heavy atom. The van der Waals surface area contributed by atoms with Gasteiger partial charge in [0, 0.05) is 42.3 Å². The molecule has 0 unspecified atom stereocenters. The number of halogens is 2. The van der Waals surface area contributed by atoms with Crippen molar-refractivity contribution >= 4 is 35.2 Å². The van der Waals surface area contributed by atoms with Crippen LogP contribution in [0.1, 0.15) is 5.56 Å². The van der Waals surface area contributed by atoms with Crippen LogP contribution in [0.25, 0.3) is 0 Å². The smallest absolute Gasteiger partial charge is 0.343 e. The second-order valence-corrected chi connectivity index (χ2v) is 9.69. The Balaban J connectivity index is 2.14. The van der Waals surface area contributed by atoms with Gasteiger partial charge in [-0.1, -0.05) is 6.07 Å². The van der Waals surface area contributed by atoms with Gasteiger partial charge in [0.05, 0.1) is 20.8 Å². The first-order chi connectivity index (χ1) is 21.4. The summed E-state index contributed by atoms with van der Waals surface area (Å²) in [6.45, 7) is -0.633. The summed E-state index contributed by atoms with van der Waals surface area (Å²) in [6.07, 6.45) is 2.62. The number of hydrogen-bond donors (Lipinski definition) is 6. The van der Waals surface area contributed by atoms with Crippen molar-refractivity contribution in [3.63, 3.8) is 0 Å². The number of nitrogens with one attached hydrogen (secondary N) is 5. The highest BCUT2D eigenvalue weighted by Crippen LogP contribution is 2.27. The van der Waals surface area contributed by atoms with Gasteiger partial charge in [0.25, 0.3) is 5.91 Å². The molecule has 1 aliphatic rings. The fourth-order valence-electron chi connectivity index (χ4n) is 4.19.